The SMILES string of the molecule is CCC1CCC(NC(=O)Cc2nc(-c3ccccc3)oc2C)(C(=O)O)CC1. The Bertz CT molecular complexity index is 805. The number of carboxylic acids is 1. The standard InChI is InChI=1S/C21H26N2O4/c1-3-15-9-11-21(12-10-15,20(25)26)23-18(24)13-17-14(2)27-19(22-17)16-7-5-4-6-8-16/h4-8,15H,3,9-13H2,1-2H3,(H,23,24)(H,25,26). The first-order chi connectivity index (χ1) is 12.9. The van der Waals surface area contributed by atoms with Crippen LogP contribution in [0.1, 0.15) is 50.5 Å². The number of hydrogen-bond donors (Lipinski definition) is 2. The van der Waals surface area contributed by atoms with E-state index in [1.165, 1.54) is 0 Å². The van der Waals surface area contributed by atoms with E-state index in [0.717, 1.165) is 24.8 Å². The molecule has 1 fully saturated rings. The summed E-state index contributed by atoms with van der Waals surface area (Å²) >= 11 is 0. The maximum absolute atomic E-state index is 12.6. The Morgan fingerprint density at radius 3 is 2.52 bits per heavy atom. The van der Waals surface area contributed by atoms with Gasteiger partial charge in [-0.1, -0.05) is 31.5 Å². The minimum Gasteiger partial charge on any atom is -0.480 e. The summed E-state index contributed by atoms with van der Waals surface area (Å²) in [6, 6.07) is 9.47. The summed E-state index contributed by atoms with van der Waals surface area (Å²) in [5, 5.41) is 12.5. The number of carbonyl (C=O) groups excluding carboxylic acids is 1. The van der Waals surface area contributed by atoms with Crippen LogP contribution in [0.25, 0.3) is 11.5 Å². The molecule has 1 saturated carbocycles. The number of benzene rings is 1. The average molecular weight is 370 g/mol. The van der Waals surface area contributed by atoms with Crippen LogP contribution in [0.5, 0.6) is 0 Å². The van der Waals surface area contributed by atoms with Gasteiger partial charge in [0.1, 0.15) is 11.3 Å². The topological polar surface area (TPSA) is 92.4 Å². The van der Waals surface area contributed by atoms with Crippen LogP contribution >= 0.6 is 0 Å². The molecule has 1 aromatic heterocycles. The van der Waals surface area contributed by atoms with Crippen LogP contribution in [0, 0.1) is 12.8 Å². The molecule has 1 aliphatic rings. The molecule has 6 nitrogen and oxygen atoms in total. The van der Waals surface area contributed by atoms with Crippen molar-refractivity contribution < 1.29 is 19.1 Å². The van der Waals surface area contributed by atoms with E-state index in [1.54, 1.807) is 6.92 Å². The number of rotatable bonds is 6. The number of carbonyl (C=O) groups is 2. The Hall–Kier alpha value is -2.63. The van der Waals surface area contributed by atoms with Crippen LogP contribution in [0.15, 0.2) is 34.7 Å². The second kappa shape index (κ2) is 7.94. The molecular formula is C21H26N2O4. The fourth-order valence-corrected chi connectivity index (χ4v) is 3.73. The van der Waals surface area contributed by atoms with Crippen molar-refractivity contribution in [2.24, 2.45) is 5.92 Å². The van der Waals surface area contributed by atoms with Gasteiger partial charge in [0.15, 0.2) is 0 Å². The monoisotopic (exact) mass is 370 g/mol. The molecular weight excluding hydrogens is 344 g/mol. The summed E-state index contributed by atoms with van der Waals surface area (Å²) in [6.07, 6.45) is 3.65. The summed E-state index contributed by atoms with van der Waals surface area (Å²) in [4.78, 5) is 28.9. The van der Waals surface area contributed by atoms with Crippen LogP contribution < -0.4 is 5.32 Å². The zero-order valence-electron chi connectivity index (χ0n) is 15.8. The van der Waals surface area contributed by atoms with E-state index in [4.69, 9.17) is 4.42 Å². The molecule has 27 heavy (non-hydrogen) atoms. The number of amides is 1. The summed E-state index contributed by atoms with van der Waals surface area (Å²) in [6.45, 7) is 3.89. The molecule has 1 amide bonds. The predicted octanol–water partition coefficient (Wildman–Crippen LogP) is 3.73. The number of nitrogens with one attached hydrogen (secondary N) is 1. The zero-order valence-corrected chi connectivity index (χ0v) is 15.8. The molecule has 1 heterocycles. The highest BCUT2D eigenvalue weighted by Crippen LogP contribution is 2.34. The van der Waals surface area contributed by atoms with Crippen molar-refractivity contribution in [2.75, 3.05) is 0 Å². The largest absolute Gasteiger partial charge is 0.480 e. The molecule has 144 valence electrons. The maximum atomic E-state index is 12.6. The Labute approximate surface area is 159 Å². The predicted molar refractivity (Wildman–Crippen MR) is 101 cm³/mol. The van der Waals surface area contributed by atoms with Crippen LogP contribution in [-0.4, -0.2) is 27.5 Å². The third-order valence-electron chi connectivity index (χ3n) is 5.57. The number of carboxylic acid groups (broad SMARTS) is 1. The second-order valence-corrected chi connectivity index (χ2v) is 7.35. The highest BCUT2D eigenvalue weighted by molar-refractivity contribution is 5.88. The molecule has 2 N–H and O–H groups in total. The smallest absolute Gasteiger partial charge is 0.329 e. The van der Waals surface area contributed by atoms with Gasteiger partial charge in [-0.15, -0.1) is 0 Å². The molecule has 3 rings (SSSR count). The molecule has 0 atom stereocenters. The van der Waals surface area contributed by atoms with Crippen LogP contribution in [0.2, 0.25) is 0 Å². The number of aromatic nitrogens is 1. The van der Waals surface area contributed by atoms with Gasteiger partial charge >= 0.3 is 5.97 Å². The molecule has 2 aromatic rings. The van der Waals surface area contributed by atoms with Gasteiger partial charge in [0, 0.05) is 5.56 Å². The third kappa shape index (κ3) is 4.21. The fourth-order valence-electron chi connectivity index (χ4n) is 3.73. The van der Waals surface area contributed by atoms with Gasteiger partial charge in [-0.05, 0) is 50.7 Å². The van der Waals surface area contributed by atoms with Crippen LogP contribution in [0.4, 0.5) is 0 Å². The van der Waals surface area contributed by atoms with Gasteiger partial charge in [0.2, 0.25) is 11.8 Å². The van der Waals surface area contributed by atoms with E-state index in [2.05, 4.69) is 17.2 Å². The van der Waals surface area contributed by atoms with Gasteiger partial charge in [0.25, 0.3) is 0 Å². The van der Waals surface area contributed by atoms with Gasteiger partial charge in [0.05, 0.1) is 12.1 Å². The average Bonchev–Trinajstić information content (AvgIpc) is 3.03. The molecule has 0 radical (unpaired) electrons. The lowest BCUT2D eigenvalue weighted by Crippen LogP contribution is -2.56. The molecule has 0 unspecified atom stereocenters. The highest BCUT2D eigenvalue weighted by atomic mass is 16.4. The first-order valence-electron chi connectivity index (χ1n) is 9.49. The van der Waals surface area contributed by atoms with E-state index >= 15 is 0 Å². The molecule has 0 bridgehead atoms. The quantitative estimate of drug-likeness (QED) is 0.808. The Balaban J connectivity index is 1.70. The van der Waals surface area contributed by atoms with E-state index in [-0.39, 0.29) is 12.3 Å². The van der Waals surface area contributed by atoms with Crippen LogP contribution in [0.3, 0.4) is 0 Å². The first kappa shape index (κ1) is 19.1. The van der Waals surface area contributed by atoms with E-state index in [1.807, 2.05) is 30.3 Å². The van der Waals surface area contributed by atoms with Gasteiger partial charge < -0.3 is 14.8 Å². The molecule has 6 heteroatoms. The van der Waals surface area contributed by atoms with E-state index in [0.29, 0.717) is 36.1 Å². The van der Waals surface area contributed by atoms with Gasteiger partial charge in [-0.25, -0.2) is 9.78 Å². The molecule has 1 aliphatic carbocycles. The van der Waals surface area contributed by atoms with Crippen LogP contribution in [-0.2, 0) is 16.0 Å². The van der Waals surface area contributed by atoms with Crippen molar-refractivity contribution in [3.8, 4) is 11.5 Å². The maximum Gasteiger partial charge on any atom is 0.329 e. The number of aryl methyl sites for hydroxylation is 1. The number of aliphatic carboxylic acids is 1. The van der Waals surface area contributed by atoms with Gasteiger partial charge in [-0.3, -0.25) is 4.79 Å². The summed E-state index contributed by atoms with van der Waals surface area (Å²) in [5.41, 5.74) is 0.212. The second-order valence-electron chi connectivity index (χ2n) is 7.35. The van der Waals surface area contributed by atoms with E-state index < -0.39 is 11.5 Å². The molecule has 1 aromatic carbocycles. The summed E-state index contributed by atoms with van der Waals surface area (Å²) in [5.74, 6) is 0.298. The number of oxazole rings is 1. The minimum atomic E-state index is -1.16. The molecule has 0 saturated heterocycles. The summed E-state index contributed by atoms with van der Waals surface area (Å²) in [7, 11) is 0. The fraction of sp³-hybridized carbons (Fsp3) is 0.476. The normalized spacial score (nSPS) is 22.4. The van der Waals surface area contributed by atoms with Crippen molar-refractivity contribution in [1.29, 1.82) is 0 Å². The Morgan fingerprint density at radius 1 is 1.26 bits per heavy atom. The first-order valence-corrected chi connectivity index (χ1v) is 9.49. The van der Waals surface area contributed by atoms with Crippen molar-refractivity contribution in [3.05, 3.63) is 41.8 Å². The van der Waals surface area contributed by atoms with Gasteiger partial charge in [-0.2, -0.15) is 0 Å². The lowest BCUT2D eigenvalue weighted by atomic mass is 9.75. The summed E-state index contributed by atoms with van der Waals surface area (Å²) < 4.78 is 5.69. The lowest BCUT2D eigenvalue weighted by Gasteiger charge is -2.37. The number of nitrogens with zero attached hydrogens (tertiary/aromatic N) is 1. The minimum absolute atomic E-state index is 0.00834. The zero-order chi connectivity index (χ0) is 19.4. The number of hydrogen-bond acceptors (Lipinski definition) is 4. The van der Waals surface area contributed by atoms with Crippen molar-refractivity contribution >= 4 is 11.9 Å². The molecule has 0 aliphatic heterocycles. The highest BCUT2D eigenvalue weighted by Gasteiger charge is 2.43. The van der Waals surface area contributed by atoms with Crippen molar-refractivity contribution in [2.45, 2.75) is 57.9 Å². The lowest BCUT2D eigenvalue weighted by molar-refractivity contribution is -0.149. The Kier molecular flexibility index (Phi) is 5.63. The van der Waals surface area contributed by atoms with Crippen molar-refractivity contribution in [1.82, 2.24) is 10.3 Å². The van der Waals surface area contributed by atoms with E-state index in [9.17, 15) is 14.7 Å². The molecule has 0 spiro atoms. The third-order valence-corrected chi connectivity index (χ3v) is 5.57. The van der Waals surface area contributed by atoms with Crippen molar-refractivity contribution in [3.63, 3.8) is 0 Å². The Morgan fingerprint density at radius 2 is 1.93 bits per heavy atom.